The number of fused-ring (bicyclic) bond motifs is 9. The monoisotopic (exact) mass is 297 g/mol. The van der Waals surface area contributed by atoms with Gasteiger partial charge in [-0.15, -0.1) is 11.8 Å². The van der Waals surface area contributed by atoms with Gasteiger partial charge in [0.2, 0.25) is 11.8 Å². The van der Waals surface area contributed by atoms with E-state index in [-0.39, 0.29) is 34.2 Å². The third-order valence-corrected chi connectivity index (χ3v) is 6.35. The first-order valence-corrected chi connectivity index (χ1v) is 7.84. The van der Waals surface area contributed by atoms with Crippen LogP contribution in [-0.2, 0) is 9.59 Å². The maximum Gasteiger partial charge on any atom is 0.234 e. The van der Waals surface area contributed by atoms with Crippen molar-refractivity contribution in [3.05, 3.63) is 35.7 Å². The Kier molecular flexibility index (Phi) is 2.02. The minimum Gasteiger partial charge on any atom is -0.285 e. The first-order chi connectivity index (χ1) is 10.2. The fourth-order valence-corrected chi connectivity index (χ4v) is 5.57. The summed E-state index contributed by atoms with van der Waals surface area (Å²) in [4.78, 5) is 35.3. The van der Waals surface area contributed by atoms with Gasteiger partial charge in [0.15, 0.2) is 0 Å². The number of carbonyl (C=O) groups is 2. The molecular weight excluding hydrogens is 286 g/mol. The molecule has 0 radical (unpaired) electrons. The Morgan fingerprint density at radius 3 is 1.90 bits per heavy atom. The summed E-state index contributed by atoms with van der Waals surface area (Å²) in [5.74, 6) is -0.628. The van der Waals surface area contributed by atoms with Gasteiger partial charge >= 0.3 is 0 Å². The Labute approximate surface area is 124 Å². The van der Waals surface area contributed by atoms with Gasteiger partial charge < -0.3 is 0 Å². The standard InChI is InChI=1S/C15H11N3O2S/c1-18-14(19)8-9(15(18)20)13-11-10(12(8)21-13)16-6-4-2-3-5-7(6)17-11/h2-5,8-9,12-13H,1H3/t8-,9+,12+,13-. The van der Waals surface area contributed by atoms with Gasteiger partial charge in [-0.1, -0.05) is 12.1 Å². The molecule has 3 aliphatic rings. The zero-order valence-corrected chi connectivity index (χ0v) is 12.0. The van der Waals surface area contributed by atoms with E-state index < -0.39 is 0 Å². The number of thioether (sulfide) groups is 1. The molecule has 0 spiro atoms. The number of amides is 2. The predicted molar refractivity (Wildman–Crippen MR) is 77.4 cm³/mol. The number of para-hydroxylation sites is 2. The Balaban J connectivity index is 1.74. The number of aromatic nitrogens is 2. The molecule has 2 bridgehead atoms. The Hall–Kier alpha value is -1.95. The average molecular weight is 297 g/mol. The van der Waals surface area contributed by atoms with Gasteiger partial charge in [0.1, 0.15) is 0 Å². The summed E-state index contributed by atoms with van der Waals surface area (Å²) >= 11 is 1.68. The number of nitrogens with zero attached hydrogens (tertiary/aromatic N) is 3. The van der Waals surface area contributed by atoms with Crippen LogP contribution in [0.3, 0.4) is 0 Å². The zero-order valence-electron chi connectivity index (χ0n) is 11.2. The van der Waals surface area contributed by atoms with E-state index >= 15 is 0 Å². The molecule has 5 nitrogen and oxygen atoms in total. The van der Waals surface area contributed by atoms with Gasteiger partial charge in [0.05, 0.1) is 44.8 Å². The molecule has 4 heterocycles. The van der Waals surface area contributed by atoms with Crippen LogP contribution in [0, 0.1) is 11.8 Å². The molecule has 0 unspecified atom stereocenters. The summed E-state index contributed by atoms with van der Waals surface area (Å²) in [5, 5.41) is -0.0398. The van der Waals surface area contributed by atoms with E-state index in [0.717, 1.165) is 22.4 Å². The number of benzene rings is 1. The molecule has 3 aliphatic heterocycles. The van der Waals surface area contributed by atoms with Crippen LogP contribution < -0.4 is 0 Å². The van der Waals surface area contributed by atoms with Crippen LogP contribution >= 0.6 is 11.8 Å². The molecule has 5 rings (SSSR count). The van der Waals surface area contributed by atoms with E-state index in [1.807, 2.05) is 24.3 Å². The van der Waals surface area contributed by atoms with Crippen molar-refractivity contribution in [3.8, 4) is 0 Å². The average Bonchev–Trinajstić information content (AvgIpc) is 3.12. The van der Waals surface area contributed by atoms with Crippen molar-refractivity contribution in [2.24, 2.45) is 11.8 Å². The van der Waals surface area contributed by atoms with Crippen LogP contribution in [0.2, 0.25) is 0 Å². The van der Waals surface area contributed by atoms with Gasteiger partial charge in [-0.25, -0.2) is 9.97 Å². The van der Waals surface area contributed by atoms with Crippen molar-refractivity contribution in [1.29, 1.82) is 0 Å². The van der Waals surface area contributed by atoms with E-state index in [1.165, 1.54) is 4.90 Å². The molecule has 6 heteroatoms. The van der Waals surface area contributed by atoms with E-state index in [0.29, 0.717) is 0 Å². The number of hydrogen-bond donors (Lipinski definition) is 0. The van der Waals surface area contributed by atoms with E-state index in [9.17, 15) is 9.59 Å². The summed E-state index contributed by atoms with van der Waals surface area (Å²) in [6, 6.07) is 7.74. The van der Waals surface area contributed by atoms with Crippen LogP contribution in [-0.4, -0.2) is 33.7 Å². The van der Waals surface area contributed by atoms with Gasteiger partial charge in [0.25, 0.3) is 0 Å². The van der Waals surface area contributed by atoms with Crippen molar-refractivity contribution < 1.29 is 9.59 Å². The van der Waals surface area contributed by atoms with Gasteiger partial charge in [-0.3, -0.25) is 14.5 Å². The zero-order chi connectivity index (χ0) is 14.3. The van der Waals surface area contributed by atoms with Crippen LogP contribution in [0.4, 0.5) is 0 Å². The minimum atomic E-state index is -0.250. The summed E-state index contributed by atoms with van der Waals surface area (Å²) in [7, 11) is 1.58. The van der Waals surface area contributed by atoms with E-state index in [1.54, 1.807) is 18.8 Å². The molecule has 4 atom stereocenters. The van der Waals surface area contributed by atoms with Crippen molar-refractivity contribution in [2.75, 3.05) is 7.05 Å². The SMILES string of the molecule is CN1C(=O)[C@@H]2[C@H](C1=O)[C@H]1S[C@@H]2c2nc3ccccc3nc21. The lowest BCUT2D eigenvalue weighted by molar-refractivity contribution is -0.138. The molecule has 104 valence electrons. The maximum absolute atomic E-state index is 12.3. The molecule has 21 heavy (non-hydrogen) atoms. The van der Waals surface area contributed by atoms with Crippen molar-refractivity contribution in [1.82, 2.24) is 14.9 Å². The van der Waals surface area contributed by atoms with Crippen LogP contribution in [0.1, 0.15) is 21.9 Å². The molecular formula is C15H11N3O2S. The lowest BCUT2D eigenvalue weighted by Gasteiger charge is -2.20. The molecule has 2 fully saturated rings. The second-order valence-electron chi connectivity index (χ2n) is 5.75. The summed E-state index contributed by atoms with van der Waals surface area (Å²) in [5.41, 5.74) is 3.51. The maximum atomic E-state index is 12.3. The summed E-state index contributed by atoms with van der Waals surface area (Å²) in [6.45, 7) is 0. The fraction of sp³-hybridized carbons (Fsp3) is 0.333. The van der Waals surface area contributed by atoms with E-state index in [2.05, 4.69) is 0 Å². The third-order valence-electron chi connectivity index (χ3n) is 4.73. The van der Waals surface area contributed by atoms with Crippen molar-refractivity contribution >= 4 is 34.6 Å². The number of hydrogen-bond acceptors (Lipinski definition) is 5. The molecule has 1 aromatic carbocycles. The van der Waals surface area contributed by atoms with Crippen molar-refractivity contribution in [2.45, 2.75) is 10.5 Å². The second kappa shape index (κ2) is 3.62. The molecule has 2 aromatic rings. The molecule has 2 saturated heterocycles. The molecule has 0 aliphatic carbocycles. The van der Waals surface area contributed by atoms with Crippen LogP contribution in [0.25, 0.3) is 11.0 Å². The quantitative estimate of drug-likeness (QED) is 0.693. The number of likely N-dealkylation sites (tertiary alicyclic amines) is 1. The molecule has 0 saturated carbocycles. The second-order valence-corrected chi connectivity index (χ2v) is 7.04. The third kappa shape index (κ3) is 1.25. The first kappa shape index (κ1) is 11.7. The van der Waals surface area contributed by atoms with Crippen LogP contribution in [0.15, 0.2) is 24.3 Å². The highest BCUT2D eigenvalue weighted by Crippen LogP contribution is 2.67. The predicted octanol–water partition coefficient (Wildman–Crippen LogP) is 1.70. The largest absolute Gasteiger partial charge is 0.285 e. The summed E-state index contributed by atoms with van der Waals surface area (Å²) in [6.07, 6.45) is 0. The van der Waals surface area contributed by atoms with Crippen molar-refractivity contribution in [3.63, 3.8) is 0 Å². The fourth-order valence-electron chi connectivity index (χ4n) is 3.74. The highest BCUT2D eigenvalue weighted by Gasteiger charge is 2.64. The lowest BCUT2D eigenvalue weighted by atomic mass is 9.81. The van der Waals surface area contributed by atoms with Gasteiger partial charge in [-0.2, -0.15) is 0 Å². The topological polar surface area (TPSA) is 63.2 Å². The highest BCUT2D eigenvalue weighted by molar-refractivity contribution is 8.00. The van der Waals surface area contributed by atoms with Crippen LogP contribution in [0.5, 0.6) is 0 Å². The Morgan fingerprint density at radius 2 is 1.43 bits per heavy atom. The highest BCUT2D eigenvalue weighted by atomic mass is 32.2. The van der Waals surface area contributed by atoms with E-state index in [4.69, 9.17) is 9.97 Å². The molecule has 0 N–H and O–H groups in total. The Bertz CT molecular complexity index is 770. The number of imide groups is 1. The minimum absolute atomic E-state index is 0.0199. The Morgan fingerprint density at radius 1 is 0.952 bits per heavy atom. The smallest absolute Gasteiger partial charge is 0.234 e. The first-order valence-electron chi connectivity index (χ1n) is 6.90. The number of carbonyl (C=O) groups excluding carboxylic acids is 2. The molecule has 2 amide bonds. The lowest BCUT2D eigenvalue weighted by Crippen LogP contribution is -2.27. The van der Waals surface area contributed by atoms with Gasteiger partial charge in [-0.05, 0) is 12.1 Å². The normalized spacial score (nSPS) is 32.9. The van der Waals surface area contributed by atoms with Gasteiger partial charge in [0, 0.05) is 7.05 Å². The number of rotatable bonds is 0. The molecule has 1 aromatic heterocycles. The summed E-state index contributed by atoms with van der Waals surface area (Å²) < 4.78 is 0.